The Hall–Kier alpha value is -2.87. The second-order valence-electron chi connectivity index (χ2n) is 8.44. The number of rotatable bonds is 3. The molecule has 3 aromatic rings. The molecule has 0 N–H and O–H groups in total. The number of hydrogen-bond acceptors (Lipinski definition) is 4. The number of nitrogens with zero attached hydrogens (tertiary/aromatic N) is 4. The molecule has 6 nitrogen and oxygen atoms in total. The first kappa shape index (κ1) is 20.4. The second-order valence-corrected chi connectivity index (χ2v) is 8.44. The Bertz CT molecular complexity index is 1120. The van der Waals surface area contributed by atoms with Crippen molar-refractivity contribution < 1.29 is 13.5 Å². The minimum Gasteiger partial charge on any atom is -0.375 e. The van der Waals surface area contributed by atoms with Gasteiger partial charge in [-0.1, -0.05) is 0 Å². The minimum atomic E-state index is -0.687. The van der Waals surface area contributed by atoms with Crippen LogP contribution in [0, 0.1) is 18.6 Å². The fourth-order valence-electron chi connectivity index (χ4n) is 3.99. The Kier molecular flexibility index (Phi) is 5.05. The molecule has 0 bridgehead atoms. The lowest BCUT2D eigenvalue weighted by Crippen LogP contribution is -2.35. The van der Waals surface area contributed by atoms with E-state index in [4.69, 9.17) is 4.74 Å². The van der Waals surface area contributed by atoms with Crippen LogP contribution in [0.5, 0.6) is 0 Å². The average molecular weight is 414 g/mol. The first-order chi connectivity index (χ1) is 14.1. The lowest BCUT2D eigenvalue weighted by molar-refractivity contribution is -0.0705. The Morgan fingerprint density at radius 1 is 1.13 bits per heavy atom. The maximum absolute atomic E-state index is 13.8. The zero-order chi connectivity index (χ0) is 21.6. The van der Waals surface area contributed by atoms with Crippen LogP contribution in [-0.2, 0) is 11.8 Å². The lowest BCUT2D eigenvalue weighted by atomic mass is 9.94. The van der Waals surface area contributed by atoms with E-state index in [-0.39, 0.29) is 28.6 Å². The molecule has 0 amide bonds. The van der Waals surface area contributed by atoms with Crippen LogP contribution in [0.2, 0.25) is 0 Å². The average Bonchev–Trinajstić information content (AvgIpc) is 3.10. The molecule has 4 rings (SSSR count). The molecule has 0 saturated carbocycles. The molecule has 0 spiro atoms. The van der Waals surface area contributed by atoms with Crippen LogP contribution in [0.25, 0.3) is 22.8 Å². The molecule has 2 aromatic heterocycles. The van der Waals surface area contributed by atoms with Gasteiger partial charge in [0, 0.05) is 42.6 Å². The predicted octanol–water partition coefficient (Wildman–Crippen LogP) is 4.03. The summed E-state index contributed by atoms with van der Waals surface area (Å²) in [5.41, 5.74) is 1.14. The monoisotopic (exact) mass is 414 g/mol. The molecule has 158 valence electrons. The van der Waals surface area contributed by atoms with Crippen LogP contribution in [0.4, 0.5) is 8.78 Å². The van der Waals surface area contributed by atoms with E-state index in [9.17, 15) is 13.6 Å². The molecular weight excluding hydrogens is 390 g/mol. The van der Waals surface area contributed by atoms with E-state index < -0.39 is 11.6 Å². The number of benzene rings is 1. The van der Waals surface area contributed by atoms with Crippen molar-refractivity contribution in [2.24, 2.45) is 7.05 Å². The highest BCUT2D eigenvalue weighted by Crippen LogP contribution is 2.35. The van der Waals surface area contributed by atoms with Crippen molar-refractivity contribution in [1.82, 2.24) is 19.3 Å². The van der Waals surface area contributed by atoms with Crippen molar-refractivity contribution >= 4 is 0 Å². The molecule has 1 unspecified atom stereocenters. The van der Waals surface area contributed by atoms with Crippen molar-refractivity contribution in [2.75, 3.05) is 6.61 Å². The van der Waals surface area contributed by atoms with Gasteiger partial charge in [0.1, 0.15) is 11.6 Å². The second kappa shape index (κ2) is 7.43. The highest BCUT2D eigenvalue weighted by atomic mass is 19.1. The summed E-state index contributed by atoms with van der Waals surface area (Å²) in [5, 5.41) is 4.64. The topological polar surface area (TPSA) is 61.9 Å². The fraction of sp³-hybridized carbons (Fsp3) is 0.409. The number of halogens is 2. The van der Waals surface area contributed by atoms with Crippen LogP contribution in [0.15, 0.2) is 35.3 Å². The molecule has 1 atom stereocenters. The summed E-state index contributed by atoms with van der Waals surface area (Å²) < 4.78 is 36.7. The molecule has 1 aliphatic heterocycles. The van der Waals surface area contributed by atoms with Gasteiger partial charge in [-0.25, -0.2) is 18.4 Å². The number of hydrogen-bond donors (Lipinski definition) is 0. The smallest absolute Gasteiger partial charge is 0.253 e. The predicted molar refractivity (Wildman–Crippen MR) is 109 cm³/mol. The molecule has 1 fully saturated rings. The first-order valence-electron chi connectivity index (χ1n) is 9.87. The van der Waals surface area contributed by atoms with Gasteiger partial charge < -0.3 is 9.30 Å². The van der Waals surface area contributed by atoms with E-state index >= 15 is 0 Å². The van der Waals surface area contributed by atoms with Gasteiger partial charge in [-0.15, -0.1) is 0 Å². The zero-order valence-corrected chi connectivity index (χ0v) is 17.4. The molecule has 3 heterocycles. The number of aromatic nitrogens is 4. The lowest BCUT2D eigenvalue weighted by Gasteiger charge is -2.35. The van der Waals surface area contributed by atoms with Gasteiger partial charge >= 0.3 is 0 Å². The van der Waals surface area contributed by atoms with E-state index in [1.165, 1.54) is 16.7 Å². The van der Waals surface area contributed by atoms with Crippen molar-refractivity contribution in [1.29, 1.82) is 0 Å². The van der Waals surface area contributed by atoms with Crippen LogP contribution < -0.4 is 5.56 Å². The summed E-state index contributed by atoms with van der Waals surface area (Å²) >= 11 is 0. The number of ether oxygens (including phenoxy) is 1. The fourth-order valence-corrected chi connectivity index (χ4v) is 3.99. The van der Waals surface area contributed by atoms with Crippen LogP contribution >= 0.6 is 0 Å². The molecule has 30 heavy (non-hydrogen) atoms. The molecular formula is C22H24F2N4O2. The molecule has 1 aromatic carbocycles. The van der Waals surface area contributed by atoms with Crippen molar-refractivity contribution in [2.45, 2.75) is 45.3 Å². The normalized spacial score (nSPS) is 18.5. The van der Waals surface area contributed by atoms with Gasteiger partial charge in [0.2, 0.25) is 0 Å². The Balaban J connectivity index is 1.89. The highest BCUT2D eigenvalue weighted by molar-refractivity contribution is 5.62. The van der Waals surface area contributed by atoms with Gasteiger partial charge in [-0.3, -0.25) is 4.79 Å². The maximum atomic E-state index is 13.8. The van der Waals surface area contributed by atoms with Gasteiger partial charge in [0.15, 0.2) is 11.6 Å². The van der Waals surface area contributed by atoms with Crippen molar-refractivity contribution in [3.05, 3.63) is 58.0 Å². The first-order valence-corrected chi connectivity index (χ1v) is 9.87. The molecule has 1 aliphatic rings. The quantitative estimate of drug-likeness (QED) is 0.649. The Morgan fingerprint density at radius 2 is 1.83 bits per heavy atom. The number of aryl methyl sites for hydroxylation is 2. The van der Waals surface area contributed by atoms with Gasteiger partial charge in [-0.2, -0.15) is 5.10 Å². The summed E-state index contributed by atoms with van der Waals surface area (Å²) in [6, 6.07) is 5.02. The Morgan fingerprint density at radius 3 is 2.47 bits per heavy atom. The standard InChI is InChI=1S/C22H24F2N4O2/c1-13-7-15(12-27(4)21(13)29)20-25-19(14-8-16(23)10-17(24)9-14)26-28(20)18-5-6-30-22(2,3)11-18/h7-10,12,18H,5-6,11H2,1-4H3. The summed E-state index contributed by atoms with van der Waals surface area (Å²) in [6.07, 6.45) is 3.16. The van der Waals surface area contributed by atoms with E-state index in [2.05, 4.69) is 10.1 Å². The van der Waals surface area contributed by atoms with Crippen LogP contribution in [0.1, 0.15) is 38.3 Å². The largest absolute Gasteiger partial charge is 0.375 e. The molecule has 0 aliphatic carbocycles. The Labute approximate surface area is 173 Å². The summed E-state index contributed by atoms with van der Waals surface area (Å²) in [7, 11) is 1.68. The molecule has 8 heteroatoms. The van der Waals surface area contributed by atoms with E-state index in [1.807, 2.05) is 18.5 Å². The van der Waals surface area contributed by atoms with E-state index in [0.717, 1.165) is 18.1 Å². The summed E-state index contributed by atoms with van der Waals surface area (Å²) in [6.45, 7) is 6.37. The van der Waals surface area contributed by atoms with E-state index in [0.29, 0.717) is 24.4 Å². The SMILES string of the molecule is Cc1cc(-c2nc(-c3cc(F)cc(F)c3)nn2C2CCOC(C)(C)C2)cn(C)c1=O. The summed E-state index contributed by atoms with van der Waals surface area (Å²) in [4.78, 5) is 16.8. The van der Waals surface area contributed by atoms with Crippen molar-refractivity contribution in [3.63, 3.8) is 0 Å². The van der Waals surface area contributed by atoms with Crippen molar-refractivity contribution in [3.8, 4) is 22.8 Å². The highest BCUT2D eigenvalue weighted by Gasteiger charge is 2.32. The molecule has 1 saturated heterocycles. The third-order valence-corrected chi connectivity index (χ3v) is 5.39. The molecule has 0 radical (unpaired) electrons. The maximum Gasteiger partial charge on any atom is 0.253 e. The van der Waals surface area contributed by atoms with E-state index in [1.54, 1.807) is 26.2 Å². The summed E-state index contributed by atoms with van der Waals surface area (Å²) in [5.74, 6) is -0.587. The third kappa shape index (κ3) is 3.92. The van der Waals surface area contributed by atoms with Crippen LogP contribution in [-0.4, -0.2) is 31.5 Å². The van der Waals surface area contributed by atoms with Gasteiger partial charge in [0.25, 0.3) is 5.56 Å². The van der Waals surface area contributed by atoms with Gasteiger partial charge in [0.05, 0.1) is 11.6 Å². The third-order valence-electron chi connectivity index (χ3n) is 5.39. The van der Waals surface area contributed by atoms with Gasteiger partial charge in [-0.05, 0) is 51.8 Å². The number of pyridine rings is 1. The zero-order valence-electron chi connectivity index (χ0n) is 17.4. The van der Waals surface area contributed by atoms with Crippen LogP contribution in [0.3, 0.4) is 0 Å². The minimum absolute atomic E-state index is 0.000876.